The predicted octanol–water partition coefficient (Wildman–Crippen LogP) is -3.82. The molecule has 0 bridgehead atoms. The first-order chi connectivity index (χ1) is 16.5. The van der Waals surface area contributed by atoms with E-state index in [0.717, 1.165) is 0 Å². The smallest absolute Gasteiger partial charge is 0.237 e. The highest BCUT2D eigenvalue weighted by Crippen LogP contribution is 2.16. The molecule has 11 N–H and O–H groups in total. The highest BCUT2D eigenvalue weighted by molar-refractivity contribution is 5.83. The molecule has 13 heteroatoms. The molecule has 0 saturated heterocycles. The Balaban J connectivity index is 4.88. The van der Waals surface area contributed by atoms with E-state index in [1.807, 2.05) is 20.8 Å². The third-order valence-electron chi connectivity index (χ3n) is 5.93. The van der Waals surface area contributed by atoms with Crippen LogP contribution in [0.2, 0.25) is 0 Å². The Morgan fingerprint density at radius 1 is 0.750 bits per heavy atom. The lowest BCUT2D eigenvalue weighted by Crippen LogP contribution is -2.53. The van der Waals surface area contributed by atoms with E-state index in [2.05, 4.69) is 16.0 Å². The van der Waals surface area contributed by atoms with Crippen molar-refractivity contribution in [1.29, 1.82) is 0 Å². The molecule has 0 heterocycles. The summed E-state index contributed by atoms with van der Waals surface area (Å²) in [4.78, 5) is 25.1. The molecule has 7 unspecified atom stereocenters. The Labute approximate surface area is 212 Å². The van der Waals surface area contributed by atoms with Crippen molar-refractivity contribution in [1.82, 2.24) is 16.0 Å². The molecule has 0 saturated carbocycles. The van der Waals surface area contributed by atoms with Crippen molar-refractivity contribution in [3.05, 3.63) is 0 Å². The van der Waals surface area contributed by atoms with Gasteiger partial charge in [-0.25, -0.2) is 0 Å². The summed E-state index contributed by atoms with van der Waals surface area (Å²) < 4.78 is 0. The fourth-order valence-electron chi connectivity index (χ4n) is 3.48. The molecule has 9 atom stereocenters. The average Bonchev–Trinajstić information content (AvgIpc) is 2.84. The zero-order valence-corrected chi connectivity index (χ0v) is 21.8. The van der Waals surface area contributed by atoms with E-state index < -0.39 is 91.6 Å². The summed E-state index contributed by atoms with van der Waals surface area (Å²) in [6.45, 7) is 7.21. The zero-order valence-electron chi connectivity index (χ0n) is 21.8. The highest BCUT2D eigenvalue weighted by atomic mass is 16.4. The zero-order chi connectivity index (χ0) is 28.2. The van der Waals surface area contributed by atoms with Crippen LogP contribution in [0.3, 0.4) is 0 Å². The van der Waals surface area contributed by atoms with Gasteiger partial charge in [-0.15, -0.1) is 0 Å². The molecular formula is C23H47N3O10. The van der Waals surface area contributed by atoms with Crippen LogP contribution in [0.25, 0.3) is 0 Å². The third-order valence-corrected chi connectivity index (χ3v) is 5.93. The largest absolute Gasteiger partial charge is 0.394 e. The van der Waals surface area contributed by atoms with Gasteiger partial charge in [-0.2, -0.15) is 0 Å². The van der Waals surface area contributed by atoms with Gasteiger partial charge in [0.25, 0.3) is 0 Å². The summed E-state index contributed by atoms with van der Waals surface area (Å²) in [6, 6.07) is -0.766. The average molecular weight is 526 g/mol. The molecule has 0 aromatic rings. The molecule has 0 aromatic heterocycles. The van der Waals surface area contributed by atoms with Crippen LogP contribution in [-0.2, 0) is 9.59 Å². The van der Waals surface area contributed by atoms with Crippen LogP contribution in [0.15, 0.2) is 0 Å². The first-order valence-corrected chi connectivity index (χ1v) is 12.2. The van der Waals surface area contributed by atoms with Gasteiger partial charge in [-0.1, -0.05) is 13.8 Å². The van der Waals surface area contributed by atoms with Gasteiger partial charge < -0.3 is 56.8 Å². The lowest BCUT2D eigenvalue weighted by atomic mass is 9.89. The maximum Gasteiger partial charge on any atom is 0.237 e. The molecule has 0 spiro atoms. The van der Waals surface area contributed by atoms with Crippen molar-refractivity contribution in [2.75, 3.05) is 26.3 Å². The number of amides is 2. The van der Waals surface area contributed by atoms with Crippen LogP contribution in [0.4, 0.5) is 0 Å². The minimum absolute atomic E-state index is 0.0933. The number of hydrogen-bond acceptors (Lipinski definition) is 11. The van der Waals surface area contributed by atoms with Crippen LogP contribution in [0.5, 0.6) is 0 Å². The second-order valence-corrected chi connectivity index (χ2v) is 10.4. The second kappa shape index (κ2) is 16.4. The molecule has 0 aliphatic heterocycles. The molecule has 2 amide bonds. The van der Waals surface area contributed by atoms with Crippen LogP contribution < -0.4 is 16.0 Å². The van der Waals surface area contributed by atoms with Gasteiger partial charge in [0.2, 0.25) is 11.8 Å². The fourth-order valence-corrected chi connectivity index (χ4v) is 3.48. The summed E-state index contributed by atoms with van der Waals surface area (Å²) >= 11 is 0. The summed E-state index contributed by atoms with van der Waals surface area (Å²) in [5, 5.41) is 84.9. The summed E-state index contributed by atoms with van der Waals surface area (Å²) in [5.74, 6) is -1.95. The summed E-state index contributed by atoms with van der Waals surface area (Å²) in [5.41, 5.74) is -0.465. The number of aliphatic hydroxyl groups is 8. The first kappa shape index (κ1) is 34.6. The second-order valence-electron chi connectivity index (χ2n) is 10.4. The van der Waals surface area contributed by atoms with Crippen molar-refractivity contribution in [3.8, 4) is 0 Å². The van der Waals surface area contributed by atoms with Gasteiger partial charge in [0, 0.05) is 31.0 Å². The van der Waals surface area contributed by atoms with Crippen LogP contribution >= 0.6 is 0 Å². The minimum atomic E-state index is -1.80. The third kappa shape index (κ3) is 12.7. The Kier molecular flexibility index (Phi) is 15.8. The molecule has 0 aromatic carbocycles. The molecule has 0 rings (SSSR count). The molecule has 36 heavy (non-hydrogen) atoms. The van der Waals surface area contributed by atoms with Gasteiger partial charge in [0.1, 0.15) is 18.3 Å². The molecule has 0 aliphatic rings. The van der Waals surface area contributed by atoms with E-state index in [1.54, 1.807) is 13.8 Å². The summed E-state index contributed by atoms with van der Waals surface area (Å²) in [6.07, 6.45) is -8.93. The van der Waals surface area contributed by atoms with Crippen LogP contribution in [-0.4, -0.2) is 127 Å². The Morgan fingerprint density at radius 3 is 1.78 bits per heavy atom. The fraction of sp³-hybridized carbons (Fsp3) is 0.913. The quantitative estimate of drug-likeness (QED) is 0.0880. The standard InChI is InChI=1S/C23H47N3O10/c1-12(19(33)13(2)16(30)10-27)8-25-22(36)14(26-23(3,4)5)6-7-18(32)24-9-15(29)20(34)21(35)17(31)11-28/h12-17,19-21,26-31,33-35H,6-11H2,1-5H3,(H,24,32)(H,25,36)/t12?,13?,14?,15?,16-,17-,19?,20?,21?/m1/s1. The molecule has 13 nitrogen and oxygen atoms in total. The number of rotatable bonds is 17. The minimum Gasteiger partial charge on any atom is -0.394 e. The van der Waals surface area contributed by atoms with E-state index in [4.69, 9.17) is 10.2 Å². The van der Waals surface area contributed by atoms with E-state index in [-0.39, 0.29) is 19.4 Å². The Morgan fingerprint density at radius 2 is 1.28 bits per heavy atom. The molecule has 0 radical (unpaired) electrons. The van der Waals surface area contributed by atoms with Gasteiger partial charge in [0.15, 0.2) is 0 Å². The van der Waals surface area contributed by atoms with E-state index in [1.165, 1.54) is 0 Å². The van der Waals surface area contributed by atoms with Crippen LogP contribution in [0.1, 0.15) is 47.5 Å². The van der Waals surface area contributed by atoms with Crippen molar-refractivity contribution in [2.24, 2.45) is 11.8 Å². The van der Waals surface area contributed by atoms with Gasteiger partial charge in [-0.05, 0) is 33.1 Å². The summed E-state index contributed by atoms with van der Waals surface area (Å²) in [7, 11) is 0. The number of hydrogen-bond donors (Lipinski definition) is 11. The first-order valence-electron chi connectivity index (χ1n) is 12.2. The van der Waals surface area contributed by atoms with E-state index in [9.17, 15) is 40.2 Å². The van der Waals surface area contributed by atoms with Crippen molar-refractivity contribution >= 4 is 11.8 Å². The lowest BCUT2D eigenvalue weighted by Gasteiger charge is -2.30. The Hall–Kier alpha value is -1.42. The normalized spacial score (nSPS) is 19.8. The maximum absolute atomic E-state index is 12.8. The predicted molar refractivity (Wildman–Crippen MR) is 130 cm³/mol. The van der Waals surface area contributed by atoms with Gasteiger partial charge >= 0.3 is 0 Å². The SMILES string of the molecule is CC(CNC(=O)C(CCC(=O)NCC(O)C(O)C(O)[C@H](O)CO)NC(C)(C)C)C(O)C(C)[C@H](O)CO. The highest BCUT2D eigenvalue weighted by Gasteiger charge is 2.31. The van der Waals surface area contributed by atoms with Gasteiger partial charge in [0.05, 0.1) is 37.6 Å². The Bertz CT molecular complexity index is 648. The number of carbonyl (C=O) groups is 2. The van der Waals surface area contributed by atoms with Crippen molar-refractivity contribution in [2.45, 2.75) is 95.7 Å². The van der Waals surface area contributed by atoms with Crippen molar-refractivity contribution in [3.63, 3.8) is 0 Å². The molecule has 214 valence electrons. The number of nitrogens with one attached hydrogen (secondary N) is 3. The van der Waals surface area contributed by atoms with E-state index in [0.29, 0.717) is 0 Å². The van der Waals surface area contributed by atoms with Crippen LogP contribution in [0, 0.1) is 11.8 Å². The molecule has 0 fully saturated rings. The maximum atomic E-state index is 12.8. The number of carbonyl (C=O) groups excluding carboxylic acids is 2. The lowest BCUT2D eigenvalue weighted by molar-refractivity contribution is -0.127. The molecular weight excluding hydrogens is 478 g/mol. The topological polar surface area (TPSA) is 232 Å². The number of aliphatic hydroxyl groups excluding tert-OH is 8. The molecule has 0 aliphatic carbocycles. The van der Waals surface area contributed by atoms with E-state index >= 15 is 0 Å². The van der Waals surface area contributed by atoms with Crippen molar-refractivity contribution < 1.29 is 50.4 Å². The van der Waals surface area contributed by atoms with Gasteiger partial charge in [-0.3, -0.25) is 9.59 Å². The monoisotopic (exact) mass is 525 g/mol.